The van der Waals surface area contributed by atoms with Gasteiger partial charge in [-0.1, -0.05) is 0 Å². The Kier molecular flexibility index (Phi) is 4.08. The summed E-state index contributed by atoms with van der Waals surface area (Å²) in [7, 11) is 0. The number of anilines is 1. The third-order valence-corrected chi connectivity index (χ3v) is 3.50. The highest BCUT2D eigenvalue weighted by Gasteiger charge is 2.18. The Hall–Kier alpha value is -2.78. The largest absolute Gasteiger partial charge is 0.381 e. The molecule has 1 amide bonds. The Balaban J connectivity index is 1.88. The summed E-state index contributed by atoms with van der Waals surface area (Å²) in [6.07, 6.45) is 4.50. The number of amides is 1. The van der Waals surface area contributed by atoms with E-state index >= 15 is 0 Å². The zero-order chi connectivity index (χ0) is 15.4. The average molecular weight is 294 g/mol. The van der Waals surface area contributed by atoms with Gasteiger partial charge in [0.1, 0.15) is 5.82 Å². The quantitative estimate of drug-likeness (QED) is 0.911. The van der Waals surface area contributed by atoms with E-state index in [1.807, 2.05) is 6.07 Å². The van der Waals surface area contributed by atoms with Crippen LogP contribution in [0.4, 0.5) is 5.82 Å². The molecule has 0 atom stereocenters. The average Bonchev–Trinajstić information content (AvgIpc) is 2.80. The lowest BCUT2D eigenvalue weighted by Gasteiger charge is -2.11. The van der Waals surface area contributed by atoms with E-state index in [-0.39, 0.29) is 5.91 Å². The molecule has 6 nitrogen and oxygen atoms in total. The van der Waals surface area contributed by atoms with Crippen molar-refractivity contribution < 1.29 is 9.53 Å². The molecule has 1 aliphatic rings. The van der Waals surface area contributed by atoms with Crippen molar-refractivity contribution >= 4 is 11.7 Å². The van der Waals surface area contributed by atoms with Crippen LogP contribution in [-0.2, 0) is 17.6 Å². The molecule has 2 aromatic rings. The summed E-state index contributed by atoms with van der Waals surface area (Å²) in [6, 6.07) is 6.85. The van der Waals surface area contributed by atoms with E-state index in [2.05, 4.69) is 15.3 Å². The zero-order valence-electron chi connectivity index (χ0n) is 11.9. The van der Waals surface area contributed by atoms with Crippen LogP contribution in [0, 0.1) is 11.3 Å². The summed E-state index contributed by atoms with van der Waals surface area (Å²) < 4.78 is 5.44. The summed E-state index contributed by atoms with van der Waals surface area (Å²) in [6.45, 7) is 1.21. The molecule has 0 saturated carbocycles. The normalized spacial score (nSPS) is 13.6. The number of carbonyl (C=O) groups excluding carboxylic acids is 1. The maximum Gasteiger partial charge on any atom is 0.257 e. The number of pyridine rings is 2. The molecule has 0 saturated heterocycles. The molecule has 1 aliphatic heterocycles. The van der Waals surface area contributed by atoms with E-state index in [1.54, 1.807) is 24.4 Å². The van der Waals surface area contributed by atoms with Crippen LogP contribution in [0.2, 0.25) is 0 Å². The number of fused-ring (bicyclic) bond motifs is 1. The molecule has 22 heavy (non-hydrogen) atoms. The standard InChI is InChI=1S/C16H14N4O2/c17-10-11-1-5-19-15(9-11)20-16(21)13-2-6-18-14-4-8-22-7-3-12(13)14/h1-2,5-6,9H,3-4,7-8H2,(H,19,20,21). The number of hydrogen-bond donors (Lipinski definition) is 1. The smallest absolute Gasteiger partial charge is 0.257 e. The fourth-order valence-electron chi connectivity index (χ4n) is 2.44. The fourth-order valence-corrected chi connectivity index (χ4v) is 2.44. The highest BCUT2D eigenvalue weighted by Crippen LogP contribution is 2.18. The van der Waals surface area contributed by atoms with E-state index in [0.717, 1.165) is 11.3 Å². The Morgan fingerprint density at radius 1 is 1.23 bits per heavy atom. The van der Waals surface area contributed by atoms with Crippen molar-refractivity contribution in [2.45, 2.75) is 12.8 Å². The first kappa shape index (κ1) is 14.2. The lowest BCUT2D eigenvalue weighted by atomic mass is 10.0. The van der Waals surface area contributed by atoms with E-state index in [0.29, 0.717) is 43.0 Å². The van der Waals surface area contributed by atoms with E-state index in [1.165, 1.54) is 6.20 Å². The molecule has 2 aromatic heterocycles. The minimum absolute atomic E-state index is 0.247. The zero-order valence-corrected chi connectivity index (χ0v) is 11.9. The first-order valence-electron chi connectivity index (χ1n) is 7.00. The molecule has 0 fully saturated rings. The lowest BCUT2D eigenvalue weighted by Crippen LogP contribution is -2.17. The van der Waals surface area contributed by atoms with Gasteiger partial charge in [-0.2, -0.15) is 5.26 Å². The molecule has 0 unspecified atom stereocenters. The van der Waals surface area contributed by atoms with Gasteiger partial charge in [-0.15, -0.1) is 0 Å². The minimum Gasteiger partial charge on any atom is -0.381 e. The first-order chi connectivity index (χ1) is 10.8. The molecule has 3 rings (SSSR count). The van der Waals surface area contributed by atoms with Gasteiger partial charge in [0.05, 0.1) is 24.8 Å². The van der Waals surface area contributed by atoms with Crippen LogP contribution in [0.15, 0.2) is 30.6 Å². The minimum atomic E-state index is -0.247. The Morgan fingerprint density at radius 3 is 2.91 bits per heavy atom. The highest BCUT2D eigenvalue weighted by molar-refractivity contribution is 6.05. The van der Waals surface area contributed by atoms with Crippen molar-refractivity contribution in [2.75, 3.05) is 18.5 Å². The predicted molar refractivity (Wildman–Crippen MR) is 79.4 cm³/mol. The molecule has 0 bridgehead atoms. The van der Waals surface area contributed by atoms with Gasteiger partial charge in [0.2, 0.25) is 0 Å². The topological polar surface area (TPSA) is 87.9 Å². The van der Waals surface area contributed by atoms with Crippen molar-refractivity contribution in [1.29, 1.82) is 5.26 Å². The number of nitriles is 1. The van der Waals surface area contributed by atoms with Crippen LogP contribution in [-0.4, -0.2) is 29.1 Å². The summed E-state index contributed by atoms with van der Waals surface area (Å²) in [5, 5.41) is 11.6. The van der Waals surface area contributed by atoms with Gasteiger partial charge in [-0.3, -0.25) is 9.78 Å². The van der Waals surface area contributed by atoms with Crippen molar-refractivity contribution in [2.24, 2.45) is 0 Å². The third kappa shape index (κ3) is 2.95. The summed E-state index contributed by atoms with van der Waals surface area (Å²) in [5.41, 5.74) is 2.87. The van der Waals surface area contributed by atoms with Gasteiger partial charge in [0.25, 0.3) is 5.91 Å². The van der Waals surface area contributed by atoms with Gasteiger partial charge >= 0.3 is 0 Å². The summed E-state index contributed by atoms with van der Waals surface area (Å²) in [4.78, 5) is 20.9. The van der Waals surface area contributed by atoms with Crippen molar-refractivity contribution in [1.82, 2.24) is 9.97 Å². The maximum atomic E-state index is 12.5. The number of rotatable bonds is 2. The predicted octanol–water partition coefficient (Wildman–Crippen LogP) is 1.72. The highest BCUT2D eigenvalue weighted by atomic mass is 16.5. The Morgan fingerprint density at radius 2 is 2.05 bits per heavy atom. The number of ether oxygens (including phenoxy) is 1. The number of carbonyl (C=O) groups is 1. The molecule has 0 aliphatic carbocycles. The van der Waals surface area contributed by atoms with Crippen LogP contribution in [0.5, 0.6) is 0 Å². The van der Waals surface area contributed by atoms with Crippen LogP contribution in [0.25, 0.3) is 0 Å². The molecular formula is C16H14N4O2. The Labute approximate surface area is 127 Å². The molecule has 1 N–H and O–H groups in total. The second-order valence-electron chi connectivity index (χ2n) is 4.89. The summed E-state index contributed by atoms with van der Waals surface area (Å²) in [5.74, 6) is 0.114. The van der Waals surface area contributed by atoms with Crippen LogP contribution in [0.3, 0.4) is 0 Å². The second-order valence-corrected chi connectivity index (χ2v) is 4.89. The fraction of sp³-hybridized carbons (Fsp3) is 0.250. The number of hydrogen-bond acceptors (Lipinski definition) is 5. The monoisotopic (exact) mass is 294 g/mol. The van der Waals surface area contributed by atoms with E-state index in [4.69, 9.17) is 10.00 Å². The van der Waals surface area contributed by atoms with Crippen LogP contribution >= 0.6 is 0 Å². The van der Waals surface area contributed by atoms with Crippen molar-refractivity contribution in [3.8, 4) is 6.07 Å². The number of nitrogens with one attached hydrogen (secondary N) is 1. The van der Waals surface area contributed by atoms with Gasteiger partial charge in [0.15, 0.2) is 0 Å². The summed E-state index contributed by atoms with van der Waals surface area (Å²) >= 11 is 0. The SMILES string of the molecule is N#Cc1ccnc(NC(=O)c2ccnc3c2CCOCC3)c1. The molecule has 0 spiro atoms. The molecule has 0 radical (unpaired) electrons. The maximum absolute atomic E-state index is 12.5. The molecule has 0 aromatic carbocycles. The van der Waals surface area contributed by atoms with Crippen molar-refractivity contribution in [3.63, 3.8) is 0 Å². The van der Waals surface area contributed by atoms with Gasteiger partial charge < -0.3 is 10.1 Å². The molecule has 110 valence electrons. The molecule has 6 heteroatoms. The molecule has 3 heterocycles. The van der Waals surface area contributed by atoms with Crippen LogP contribution in [0.1, 0.15) is 27.2 Å². The lowest BCUT2D eigenvalue weighted by molar-refractivity contribution is 0.102. The van der Waals surface area contributed by atoms with Gasteiger partial charge in [0, 0.05) is 30.1 Å². The van der Waals surface area contributed by atoms with Gasteiger partial charge in [-0.25, -0.2) is 4.98 Å². The number of nitrogens with zero attached hydrogens (tertiary/aromatic N) is 3. The van der Waals surface area contributed by atoms with E-state index in [9.17, 15) is 4.79 Å². The molecular weight excluding hydrogens is 280 g/mol. The third-order valence-electron chi connectivity index (χ3n) is 3.50. The van der Waals surface area contributed by atoms with E-state index < -0.39 is 0 Å². The first-order valence-corrected chi connectivity index (χ1v) is 7.00. The Bertz CT molecular complexity index is 752. The van der Waals surface area contributed by atoms with Crippen LogP contribution < -0.4 is 5.32 Å². The van der Waals surface area contributed by atoms with Gasteiger partial charge in [-0.05, 0) is 30.2 Å². The number of aromatic nitrogens is 2. The second kappa shape index (κ2) is 6.33. The van der Waals surface area contributed by atoms with Crippen molar-refractivity contribution in [3.05, 3.63) is 53.0 Å².